The second-order valence-corrected chi connectivity index (χ2v) is 4.75. The van der Waals surface area contributed by atoms with Crippen LogP contribution in [0.1, 0.15) is 5.69 Å². The minimum Gasteiger partial charge on any atom is -0.506 e. The second-order valence-electron chi connectivity index (χ2n) is 3.49. The van der Waals surface area contributed by atoms with Gasteiger partial charge in [0.1, 0.15) is 5.75 Å². The fraction of sp³-hybridized carbons (Fsp3) is 0.0833. The number of hydrogen-bond donors (Lipinski definition) is 2. The molecule has 0 unspecified atom stereocenters. The van der Waals surface area contributed by atoms with Gasteiger partial charge in [0.2, 0.25) is 0 Å². The van der Waals surface area contributed by atoms with Gasteiger partial charge >= 0.3 is 0 Å². The van der Waals surface area contributed by atoms with E-state index in [-0.39, 0.29) is 5.75 Å². The highest BCUT2D eigenvalue weighted by molar-refractivity contribution is 9.10. The van der Waals surface area contributed by atoms with Gasteiger partial charge in [-0.25, -0.2) is 0 Å². The summed E-state index contributed by atoms with van der Waals surface area (Å²) in [5, 5.41) is 13.0. The molecule has 0 fully saturated rings. The summed E-state index contributed by atoms with van der Waals surface area (Å²) < 4.78 is 0.850. The zero-order valence-corrected chi connectivity index (χ0v) is 11.2. The van der Waals surface area contributed by atoms with Gasteiger partial charge in [-0.1, -0.05) is 11.6 Å². The van der Waals surface area contributed by atoms with Gasteiger partial charge in [-0.3, -0.25) is 4.98 Å². The number of nitrogens with zero attached hydrogens (tertiary/aromatic N) is 1. The molecular weight excluding hydrogens is 304 g/mol. The standard InChI is InChI=1S/C12H10BrClN2O/c13-11-5-8(2-4-12(11)14)15-6-9-1-3-10(17)7-16-9/h1-5,7,15,17H,6H2. The van der Waals surface area contributed by atoms with Crippen LogP contribution in [0.4, 0.5) is 5.69 Å². The van der Waals surface area contributed by atoms with E-state index in [1.807, 2.05) is 18.2 Å². The summed E-state index contributed by atoms with van der Waals surface area (Å²) in [7, 11) is 0. The molecule has 0 saturated heterocycles. The summed E-state index contributed by atoms with van der Waals surface area (Å²) in [4.78, 5) is 4.08. The van der Waals surface area contributed by atoms with Crippen molar-refractivity contribution in [2.45, 2.75) is 6.54 Å². The molecule has 0 aliphatic heterocycles. The van der Waals surface area contributed by atoms with Crippen LogP contribution in [-0.4, -0.2) is 10.1 Å². The molecule has 1 aromatic carbocycles. The van der Waals surface area contributed by atoms with Crippen molar-refractivity contribution in [3.05, 3.63) is 51.7 Å². The van der Waals surface area contributed by atoms with Crippen LogP contribution in [0.15, 0.2) is 41.0 Å². The molecule has 0 aliphatic carbocycles. The molecule has 17 heavy (non-hydrogen) atoms. The Hall–Kier alpha value is -1.26. The van der Waals surface area contributed by atoms with Crippen LogP contribution in [0.5, 0.6) is 5.75 Å². The van der Waals surface area contributed by atoms with Gasteiger partial charge in [0.05, 0.1) is 23.5 Å². The first kappa shape index (κ1) is 12.2. The lowest BCUT2D eigenvalue weighted by Crippen LogP contribution is -2.00. The first-order chi connectivity index (χ1) is 8.15. The van der Waals surface area contributed by atoms with Crippen molar-refractivity contribution in [2.75, 3.05) is 5.32 Å². The van der Waals surface area contributed by atoms with Gasteiger partial charge in [-0.05, 0) is 46.3 Å². The monoisotopic (exact) mass is 312 g/mol. The lowest BCUT2D eigenvalue weighted by Gasteiger charge is -2.07. The molecule has 0 bridgehead atoms. The molecule has 2 rings (SSSR count). The second kappa shape index (κ2) is 5.38. The minimum absolute atomic E-state index is 0.169. The van der Waals surface area contributed by atoms with Crippen LogP contribution in [0.25, 0.3) is 0 Å². The third-order valence-corrected chi connectivity index (χ3v) is 3.42. The number of pyridine rings is 1. The Morgan fingerprint density at radius 1 is 1.29 bits per heavy atom. The van der Waals surface area contributed by atoms with Crippen molar-refractivity contribution in [3.63, 3.8) is 0 Å². The summed E-state index contributed by atoms with van der Waals surface area (Å²) >= 11 is 9.26. The molecule has 0 saturated carbocycles. The normalized spacial score (nSPS) is 10.2. The molecular formula is C12H10BrClN2O. The van der Waals surface area contributed by atoms with E-state index in [0.29, 0.717) is 11.6 Å². The summed E-state index contributed by atoms with van der Waals surface area (Å²) in [6.45, 7) is 0.592. The summed E-state index contributed by atoms with van der Waals surface area (Å²) in [6.07, 6.45) is 1.43. The van der Waals surface area contributed by atoms with E-state index in [4.69, 9.17) is 16.7 Å². The van der Waals surface area contributed by atoms with Gasteiger partial charge in [0.25, 0.3) is 0 Å². The summed E-state index contributed by atoms with van der Waals surface area (Å²) in [5.74, 6) is 0.169. The van der Waals surface area contributed by atoms with Crippen LogP contribution in [0.3, 0.4) is 0 Å². The Morgan fingerprint density at radius 3 is 2.76 bits per heavy atom. The van der Waals surface area contributed by atoms with Crippen LogP contribution in [-0.2, 0) is 6.54 Å². The molecule has 1 heterocycles. The SMILES string of the molecule is Oc1ccc(CNc2ccc(Cl)c(Br)c2)nc1. The van der Waals surface area contributed by atoms with Crippen molar-refractivity contribution >= 4 is 33.2 Å². The van der Waals surface area contributed by atoms with Crippen molar-refractivity contribution in [2.24, 2.45) is 0 Å². The number of aromatic hydroxyl groups is 1. The molecule has 0 spiro atoms. The third kappa shape index (κ3) is 3.35. The minimum atomic E-state index is 0.169. The van der Waals surface area contributed by atoms with Gasteiger partial charge < -0.3 is 10.4 Å². The lowest BCUT2D eigenvalue weighted by atomic mass is 10.3. The average molecular weight is 314 g/mol. The van der Waals surface area contributed by atoms with Gasteiger partial charge in [0.15, 0.2) is 0 Å². The Labute approximate surface area is 113 Å². The highest BCUT2D eigenvalue weighted by Crippen LogP contribution is 2.25. The van der Waals surface area contributed by atoms with Crippen LogP contribution in [0, 0.1) is 0 Å². The quantitative estimate of drug-likeness (QED) is 0.905. The zero-order valence-electron chi connectivity index (χ0n) is 8.82. The van der Waals surface area contributed by atoms with Crippen LogP contribution in [0.2, 0.25) is 5.02 Å². The first-order valence-electron chi connectivity index (χ1n) is 4.98. The molecule has 5 heteroatoms. The fourth-order valence-electron chi connectivity index (χ4n) is 1.32. The highest BCUT2D eigenvalue weighted by atomic mass is 79.9. The maximum Gasteiger partial charge on any atom is 0.133 e. The van der Waals surface area contributed by atoms with Crippen LogP contribution < -0.4 is 5.32 Å². The number of anilines is 1. The summed E-state index contributed by atoms with van der Waals surface area (Å²) in [6, 6.07) is 9.00. The number of nitrogens with one attached hydrogen (secondary N) is 1. The first-order valence-corrected chi connectivity index (χ1v) is 6.15. The van der Waals surface area contributed by atoms with Crippen LogP contribution >= 0.6 is 27.5 Å². The average Bonchev–Trinajstić information content (AvgIpc) is 2.33. The number of benzene rings is 1. The number of rotatable bonds is 3. The Bertz CT molecular complexity index is 516. The molecule has 0 amide bonds. The van der Waals surface area contributed by atoms with E-state index in [1.165, 1.54) is 6.20 Å². The largest absolute Gasteiger partial charge is 0.506 e. The van der Waals surface area contributed by atoms with E-state index < -0.39 is 0 Å². The van der Waals surface area contributed by atoms with Crippen molar-refractivity contribution in [3.8, 4) is 5.75 Å². The predicted octanol–water partition coefficient (Wildman–Crippen LogP) is 3.82. The lowest BCUT2D eigenvalue weighted by molar-refractivity contribution is 0.472. The molecule has 2 aromatic rings. The molecule has 1 aromatic heterocycles. The molecule has 88 valence electrons. The summed E-state index contributed by atoms with van der Waals surface area (Å²) in [5.41, 5.74) is 1.81. The Morgan fingerprint density at radius 2 is 2.12 bits per heavy atom. The Kier molecular flexibility index (Phi) is 3.86. The highest BCUT2D eigenvalue weighted by Gasteiger charge is 1.99. The van der Waals surface area contributed by atoms with Crippen molar-refractivity contribution < 1.29 is 5.11 Å². The zero-order chi connectivity index (χ0) is 12.3. The van der Waals surface area contributed by atoms with E-state index >= 15 is 0 Å². The number of aromatic nitrogens is 1. The molecule has 3 nitrogen and oxygen atoms in total. The molecule has 0 aliphatic rings. The van der Waals surface area contributed by atoms with Crippen molar-refractivity contribution in [1.29, 1.82) is 0 Å². The predicted molar refractivity (Wildman–Crippen MR) is 72.4 cm³/mol. The molecule has 0 atom stereocenters. The van der Waals surface area contributed by atoms with Gasteiger partial charge in [-0.2, -0.15) is 0 Å². The maximum absolute atomic E-state index is 9.11. The topological polar surface area (TPSA) is 45.1 Å². The molecule has 0 radical (unpaired) electrons. The van der Waals surface area contributed by atoms with E-state index in [9.17, 15) is 0 Å². The maximum atomic E-state index is 9.11. The van der Waals surface area contributed by atoms with Gasteiger partial charge in [0, 0.05) is 10.2 Å². The van der Waals surface area contributed by atoms with E-state index in [2.05, 4.69) is 26.2 Å². The Balaban J connectivity index is 2.02. The number of halogens is 2. The van der Waals surface area contributed by atoms with Crippen molar-refractivity contribution in [1.82, 2.24) is 4.98 Å². The molecule has 2 N–H and O–H groups in total. The smallest absolute Gasteiger partial charge is 0.133 e. The van der Waals surface area contributed by atoms with Gasteiger partial charge in [-0.15, -0.1) is 0 Å². The van der Waals surface area contributed by atoms with E-state index in [0.717, 1.165) is 15.9 Å². The fourth-order valence-corrected chi connectivity index (χ4v) is 1.82. The van der Waals surface area contributed by atoms with E-state index in [1.54, 1.807) is 12.1 Å². The third-order valence-electron chi connectivity index (χ3n) is 2.20. The number of hydrogen-bond acceptors (Lipinski definition) is 3.